The van der Waals surface area contributed by atoms with Crippen molar-refractivity contribution < 1.29 is 9.59 Å². The van der Waals surface area contributed by atoms with E-state index in [2.05, 4.69) is 46.5 Å². The smallest absolute Gasteiger partial charge is 0.277 e. The van der Waals surface area contributed by atoms with Gasteiger partial charge in [0.1, 0.15) is 0 Å². The molecule has 1 saturated heterocycles. The summed E-state index contributed by atoms with van der Waals surface area (Å²) in [4.78, 5) is 29.6. The van der Waals surface area contributed by atoms with Crippen LogP contribution in [-0.4, -0.2) is 63.9 Å². The van der Waals surface area contributed by atoms with Gasteiger partial charge in [0.2, 0.25) is 0 Å². The van der Waals surface area contributed by atoms with Crippen LogP contribution in [0.2, 0.25) is 0 Å². The Labute approximate surface area is 164 Å². The molecule has 1 unspecified atom stereocenters. The third-order valence-electron chi connectivity index (χ3n) is 5.33. The van der Waals surface area contributed by atoms with Crippen LogP contribution in [0.5, 0.6) is 0 Å². The van der Waals surface area contributed by atoms with Crippen LogP contribution >= 0.6 is 0 Å². The summed E-state index contributed by atoms with van der Waals surface area (Å²) in [6, 6.07) is 10.2. The Hall–Kier alpha value is -2.90. The molecule has 1 aromatic heterocycles. The number of nitrogens with zero attached hydrogens (tertiary/aromatic N) is 5. The Balaban J connectivity index is 1.44. The van der Waals surface area contributed by atoms with Crippen LogP contribution < -0.4 is 10.2 Å². The number of benzene rings is 1. The summed E-state index contributed by atoms with van der Waals surface area (Å²) in [5, 5.41) is 11.2. The molecule has 1 atom stereocenters. The second-order valence-electron chi connectivity index (χ2n) is 7.88. The monoisotopic (exact) mass is 382 g/mol. The Kier molecular flexibility index (Phi) is 5.02. The molecule has 2 aliphatic rings. The third kappa shape index (κ3) is 3.58. The van der Waals surface area contributed by atoms with Gasteiger partial charge in [-0.05, 0) is 24.5 Å². The number of rotatable bonds is 4. The first kappa shape index (κ1) is 18.5. The zero-order chi connectivity index (χ0) is 19.7. The Morgan fingerprint density at radius 2 is 1.89 bits per heavy atom. The first-order valence-electron chi connectivity index (χ1n) is 9.86. The average Bonchev–Trinajstić information content (AvgIpc) is 3.12. The van der Waals surface area contributed by atoms with Gasteiger partial charge in [-0.2, -0.15) is 0 Å². The van der Waals surface area contributed by atoms with E-state index in [9.17, 15) is 9.59 Å². The molecule has 4 rings (SSSR count). The number of hydrogen-bond acceptors (Lipinski definition) is 5. The molecule has 8 heteroatoms. The van der Waals surface area contributed by atoms with Crippen LogP contribution in [0.4, 0.5) is 5.69 Å². The number of aromatic nitrogens is 3. The fourth-order valence-corrected chi connectivity index (χ4v) is 3.98. The molecule has 3 heterocycles. The molecule has 1 N–H and O–H groups in total. The topological polar surface area (TPSA) is 83.4 Å². The lowest BCUT2D eigenvalue weighted by Crippen LogP contribution is -2.50. The first-order chi connectivity index (χ1) is 13.5. The molecule has 2 aliphatic heterocycles. The van der Waals surface area contributed by atoms with Crippen LogP contribution in [0.3, 0.4) is 0 Å². The van der Waals surface area contributed by atoms with Crippen molar-refractivity contribution in [2.24, 2.45) is 5.92 Å². The molecule has 0 saturated carbocycles. The summed E-state index contributed by atoms with van der Waals surface area (Å²) in [6.07, 6.45) is 0.871. The predicted molar refractivity (Wildman–Crippen MR) is 105 cm³/mol. The largest absolute Gasteiger partial charge is 0.368 e. The molecular formula is C20H26N6O2. The van der Waals surface area contributed by atoms with E-state index in [1.54, 1.807) is 9.58 Å². The first-order valence-corrected chi connectivity index (χ1v) is 9.86. The van der Waals surface area contributed by atoms with E-state index in [1.165, 1.54) is 0 Å². The van der Waals surface area contributed by atoms with Crippen molar-refractivity contribution in [1.29, 1.82) is 0 Å². The predicted octanol–water partition coefficient (Wildman–Crippen LogP) is 1.40. The van der Waals surface area contributed by atoms with E-state index < -0.39 is 0 Å². The van der Waals surface area contributed by atoms with Crippen LogP contribution in [-0.2, 0) is 6.54 Å². The van der Waals surface area contributed by atoms with Gasteiger partial charge >= 0.3 is 0 Å². The van der Waals surface area contributed by atoms with Gasteiger partial charge in [-0.3, -0.25) is 9.59 Å². The van der Waals surface area contributed by atoms with E-state index in [-0.39, 0.29) is 29.2 Å². The van der Waals surface area contributed by atoms with Crippen molar-refractivity contribution in [2.45, 2.75) is 32.9 Å². The number of piperazine rings is 1. The Bertz CT molecular complexity index is 855. The molecule has 0 bridgehead atoms. The lowest BCUT2D eigenvalue weighted by atomic mass is 10.0. The van der Waals surface area contributed by atoms with Crippen molar-refractivity contribution in [3.8, 4) is 0 Å². The van der Waals surface area contributed by atoms with Gasteiger partial charge in [0.25, 0.3) is 11.8 Å². The van der Waals surface area contributed by atoms with Crippen molar-refractivity contribution in [1.82, 2.24) is 25.2 Å². The Morgan fingerprint density at radius 3 is 2.57 bits per heavy atom. The molecule has 8 nitrogen and oxygen atoms in total. The summed E-state index contributed by atoms with van der Waals surface area (Å²) < 4.78 is 1.58. The van der Waals surface area contributed by atoms with Crippen LogP contribution in [0.15, 0.2) is 30.3 Å². The van der Waals surface area contributed by atoms with E-state index >= 15 is 0 Å². The zero-order valence-corrected chi connectivity index (χ0v) is 16.3. The van der Waals surface area contributed by atoms with Crippen molar-refractivity contribution >= 4 is 17.5 Å². The maximum absolute atomic E-state index is 13.0. The summed E-state index contributed by atoms with van der Waals surface area (Å²) in [7, 11) is 0. The normalized spacial score (nSPS) is 19.5. The van der Waals surface area contributed by atoms with E-state index in [1.807, 2.05) is 18.2 Å². The van der Waals surface area contributed by atoms with Gasteiger partial charge in [0.15, 0.2) is 11.4 Å². The lowest BCUT2D eigenvalue weighted by Gasteiger charge is -2.36. The molecule has 148 valence electrons. The van der Waals surface area contributed by atoms with Gasteiger partial charge in [0, 0.05) is 37.9 Å². The molecule has 0 aliphatic carbocycles. The fourth-order valence-electron chi connectivity index (χ4n) is 3.98. The SMILES string of the molecule is CC(C)CC1Cn2nnc(C(=O)N3CCN(c4ccccc4)CC3)c2C(=O)N1. The third-order valence-corrected chi connectivity index (χ3v) is 5.33. The number of fused-ring (bicyclic) bond motifs is 1. The quantitative estimate of drug-likeness (QED) is 0.864. The molecular weight excluding hydrogens is 356 g/mol. The highest BCUT2D eigenvalue weighted by atomic mass is 16.2. The van der Waals surface area contributed by atoms with Gasteiger partial charge in [-0.1, -0.05) is 37.3 Å². The van der Waals surface area contributed by atoms with Crippen LogP contribution in [0.1, 0.15) is 41.2 Å². The summed E-state index contributed by atoms with van der Waals surface area (Å²) in [5.74, 6) is -0.00280. The summed E-state index contributed by atoms with van der Waals surface area (Å²) in [6.45, 7) is 7.49. The number of hydrogen-bond donors (Lipinski definition) is 1. The molecule has 0 radical (unpaired) electrons. The molecule has 1 aromatic carbocycles. The van der Waals surface area contributed by atoms with Crippen molar-refractivity contribution in [3.63, 3.8) is 0 Å². The second-order valence-corrected chi connectivity index (χ2v) is 7.88. The minimum Gasteiger partial charge on any atom is -0.368 e. The second kappa shape index (κ2) is 7.61. The van der Waals surface area contributed by atoms with Gasteiger partial charge in [-0.15, -0.1) is 5.10 Å². The van der Waals surface area contributed by atoms with Gasteiger partial charge < -0.3 is 15.1 Å². The molecule has 2 amide bonds. The maximum Gasteiger partial charge on any atom is 0.277 e. The van der Waals surface area contributed by atoms with Crippen LogP contribution in [0.25, 0.3) is 0 Å². The van der Waals surface area contributed by atoms with Crippen molar-refractivity contribution in [3.05, 3.63) is 41.7 Å². The zero-order valence-electron chi connectivity index (χ0n) is 16.3. The minimum absolute atomic E-state index is 0.0269. The minimum atomic E-state index is -0.256. The van der Waals surface area contributed by atoms with Crippen molar-refractivity contribution in [2.75, 3.05) is 31.1 Å². The van der Waals surface area contributed by atoms with E-state index in [0.29, 0.717) is 25.6 Å². The summed E-state index contributed by atoms with van der Waals surface area (Å²) >= 11 is 0. The molecule has 1 fully saturated rings. The molecule has 0 spiro atoms. The fraction of sp³-hybridized carbons (Fsp3) is 0.500. The molecule has 28 heavy (non-hydrogen) atoms. The highest BCUT2D eigenvalue weighted by Crippen LogP contribution is 2.20. The van der Waals surface area contributed by atoms with Gasteiger partial charge in [-0.25, -0.2) is 4.68 Å². The number of carbonyl (C=O) groups excluding carboxylic acids is 2. The number of para-hydroxylation sites is 1. The Morgan fingerprint density at radius 1 is 1.18 bits per heavy atom. The van der Waals surface area contributed by atoms with Crippen LogP contribution in [0, 0.1) is 5.92 Å². The number of amides is 2. The maximum atomic E-state index is 13.0. The van der Waals surface area contributed by atoms with Gasteiger partial charge in [0.05, 0.1) is 6.54 Å². The standard InChI is InChI=1S/C20H26N6O2/c1-14(2)12-15-13-26-18(19(27)21-15)17(22-23-26)20(28)25-10-8-24(9-11-25)16-6-4-3-5-7-16/h3-7,14-15H,8-13H2,1-2H3,(H,21,27). The number of anilines is 1. The highest BCUT2D eigenvalue weighted by Gasteiger charge is 2.34. The average molecular weight is 382 g/mol. The van der Waals surface area contributed by atoms with E-state index in [4.69, 9.17) is 0 Å². The highest BCUT2D eigenvalue weighted by molar-refractivity contribution is 6.05. The molecule has 2 aromatic rings. The summed E-state index contributed by atoms with van der Waals surface area (Å²) in [5.41, 5.74) is 1.61. The lowest BCUT2D eigenvalue weighted by molar-refractivity contribution is 0.0730. The number of nitrogens with one attached hydrogen (secondary N) is 1. The van der Waals surface area contributed by atoms with E-state index in [0.717, 1.165) is 25.2 Å². The number of carbonyl (C=O) groups is 2.